The van der Waals surface area contributed by atoms with Gasteiger partial charge in [-0.05, 0) is 43.1 Å². The number of piperidine rings is 1. The molecule has 7 heteroatoms. The molecule has 1 atom stereocenters. The van der Waals surface area contributed by atoms with Crippen LogP contribution in [0.1, 0.15) is 35.2 Å². The zero-order valence-corrected chi connectivity index (χ0v) is 12.7. The first-order valence-electron chi connectivity index (χ1n) is 7.70. The molecule has 0 spiro atoms. The van der Waals surface area contributed by atoms with Crippen molar-refractivity contribution in [2.24, 2.45) is 5.73 Å². The average molecular weight is 317 g/mol. The highest BCUT2D eigenvalue weighted by Gasteiger charge is 2.39. The van der Waals surface area contributed by atoms with Gasteiger partial charge in [0.1, 0.15) is 11.8 Å². The van der Waals surface area contributed by atoms with Crippen LogP contribution in [0.4, 0.5) is 0 Å². The molecule has 0 saturated carbocycles. The molecule has 3 amide bonds. The number of fused-ring (bicyclic) bond motifs is 1. The van der Waals surface area contributed by atoms with Crippen LogP contribution in [0, 0.1) is 0 Å². The van der Waals surface area contributed by atoms with Crippen LogP contribution in [-0.4, -0.2) is 41.8 Å². The molecule has 1 aromatic rings. The first-order valence-corrected chi connectivity index (χ1v) is 7.70. The Hall–Kier alpha value is -2.41. The molecule has 3 N–H and O–H groups in total. The summed E-state index contributed by atoms with van der Waals surface area (Å²) in [6.07, 6.45) is 1.38. The van der Waals surface area contributed by atoms with Gasteiger partial charge in [-0.1, -0.05) is 0 Å². The summed E-state index contributed by atoms with van der Waals surface area (Å²) < 4.78 is 5.59. The van der Waals surface area contributed by atoms with Crippen LogP contribution in [0.2, 0.25) is 0 Å². The minimum Gasteiger partial charge on any atom is -0.494 e. The normalized spacial score (nSPS) is 20.5. The number of hydrogen-bond donors (Lipinski definition) is 2. The third-order valence-corrected chi connectivity index (χ3v) is 4.11. The van der Waals surface area contributed by atoms with Crippen LogP contribution in [-0.2, 0) is 16.1 Å². The molecule has 3 rings (SSSR count). The number of nitrogens with two attached hydrogens (primary N) is 1. The molecule has 2 aliphatic rings. The Kier molecular flexibility index (Phi) is 4.29. The largest absolute Gasteiger partial charge is 0.494 e. The van der Waals surface area contributed by atoms with Crippen molar-refractivity contribution in [1.82, 2.24) is 10.2 Å². The van der Waals surface area contributed by atoms with Gasteiger partial charge in [-0.3, -0.25) is 19.7 Å². The lowest BCUT2D eigenvalue weighted by Crippen LogP contribution is -2.52. The lowest BCUT2D eigenvalue weighted by atomic mass is 10.0. The van der Waals surface area contributed by atoms with Gasteiger partial charge in [-0.2, -0.15) is 0 Å². The minimum absolute atomic E-state index is 0.178. The topological polar surface area (TPSA) is 102 Å². The Labute approximate surface area is 133 Å². The van der Waals surface area contributed by atoms with E-state index < -0.39 is 11.9 Å². The van der Waals surface area contributed by atoms with Crippen molar-refractivity contribution in [3.05, 3.63) is 29.3 Å². The lowest BCUT2D eigenvalue weighted by Gasteiger charge is -2.29. The molecule has 7 nitrogen and oxygen atoms in total. The molecule has 1 aromatic carbocycles. The molecule has 0 radical (unpaired) electrons. The molecule has 1 fully saturated rings. The van der Waals surface area contributed by atoms with Gasteiger partial charge >= 0.3 is 0 Å². The van der Waals surface area contributed by atoms with E-state index in [1.54, 1.807) is 12.1 Å². The Balaban J connectivity index is 1.73. The van der Waals surface area contributed by atoms with E-state index in [0.717, 1.165) is 12.0 Å². The van der Waals surface area contributed by atoms with Gasteiger partial charge in [0.2, 0.25) is 11.8 Å². The fourth-order valence-corrected chi connectivity index (χ4v) is 2.91. The van der Waals surface area contributed by atoms with Gasteiger partial charge in [0, 0.05) is 18.5 Å². The van der Waals surface area contributed by atoms with Crippen molar-refractivity contribution < 1.29 is 19.1 Å². The van der Waals surface area contributed by atoms with E-state index >= 15 is 0 Å². The standard InChI is InChI=1S/C16H19N3O4/c17-6-1-7-23-11-2-3-12-10(8-11)9-19(16(12)22)13-4-5-14(20)18-15(13)21/h2-3,8,13H,1,4-7,9,17H2,(H,18,20,21). The van der Waals surface area contributed by atoms with E-state index in [9.17, 15) is 14.4 Å². The summed E-state index contributed by atoms with van der Waals surface area (Å²) in [5, 5.41) is 2.29. The maximum atomic E-state index is 12.5. The second-order valence-electron chi connectivity index (χ2n) is 5.71. The number of nitrogens with zero attached hydrogens (tertiary/aromatic N) is 1. The number of rotatable bonds is 5. The summed E-state index contributed by atoms with van der Waals surface area (Å²) in [6, 6.07) is 4.72. The number of nitrogens with one attached hydrogen (secondary N) is 1. The predicted molar refractivity (Wildman–Crippen MR) is 81.7 cm³/mol. The maximum Gasteiger partial charge on any atom is 0.255 e. The Morgan fingerprint density at radius 3 is 2.87 bits per heavy atom. The first kappa shape index (κ1) is 15.5. The molecule has 1 saturated heterocycles. The Morgan fingerprint density at radius 2 is 2.13 bits per heavy atom. The average Bonchev–Trinajstić information content (AvgIpc) is 2.84. The molecule has 122 valence electrons. The molecule has 0 aromatic heterocycles. The van der Waals surface area contributed by atoms with Crippen LogP contribution < -0.4 is 15.8 Å². The third-order valence-electron chi connectivity index (χ3n) is 4.11. The molecule has 1 unspecified atom stereocenters. The smallest absolute Gasteiger partial charge is 0.255 e. The number of hydrogen-bond acceptors (Lipinski definition) is 5. The van der Waals surface area contributed by atoms with Crippen molar-refractivity contribution in [2.75, 3.05) is 13.2 Å². The van der Waals surface area contributed by atoms with Gasteiger partial charge in [-0.15, -0.1) is 0 Å². The molecular weight excluding hydrogens is 298 g/mol. The minimum atomic E-state index is -0.589. The molecule has 2 heterocycles. The predicted octanol–water partition coefficient (Wildman–Crippen LogP) is 0.175. The highest BCUT2D eigenvalue weighted by molar-refractivity contribution is 6.05. The zero-order valence-electron chi connectivity index (χ0n) is 12.7. The van der Waals surface area contributed by atoms with Crippen molar-refractivity contribution in [1.29, 1.82) is 0 Å². The molecule has 0 aliphatic carbocycles. The quantitative estimate of drug-likeness (QED) is 0.595. The lowest BCUT2D eigenvalue weighted by molar-refractivity contribution is -0.136. The van der Waals surface area contributed by atoms with Gasteiger partial charge in [0.05, 0.1) is 6.61 Å². The molecule has 23 heavy (non-hydrogen) atoms. The number of carbonyl (C=O) groups is 3. The summed E-state index contributed by atoms with van der Waals surface area (Å²) in [7, 11) is 0. The molecule has 0 bridgehead atoms. The van der Waals surface area contributed by atoms with E-state index in [-0.39, 0.29) is 18.2 Å². The number of benzene rings is 1. The summed E-state index contributed by atoms with van der Waals surface area (Å²) in [6.45, 7) is 1.45. The second kappa shape index (κ2) is 6.37. The van der Waals surface area contributed by atoms with Gasteiger partial charge in [0.15, 0.2) is 0 Å². The van der Waals surface area contributed by atoms with Crippen molar-refractivity contribution >= 4 is 17.7 Å². The SMILES string of the molecule is NCCCOc1ccc2c(c1)CN(C1CCC(=O)NC1=O)C2=O. The molecule has 2 aliphatic heterocycles. The Bertz CT molecular complexity index is 659. The van der Waals surface area contributed by atoms with Crippen molar-refractivity contribution in [3.8, 4) is 5.75 Å². The highest BCUT2D eigenvalue weighted by atomic mass is 16.5. The maximum absolute atomic E-state index is 12.5. The van der Waals surface area contributed by atoms with Gasteiger partial charge in [-0.25, -0.2) is 0 Å². The van der Waals surface area contributed by atoms with Crippen LogP contribution in [0.3, 0.4) is 0 Å². The fourth-order valence-electron chi connectivity index (χ4n) is 2.91. The van der Waals surface area contributed by atoms with Crippen LogP contribution >= 0.6 is 0 Å². The van der Waals surface area contributed by atoms with E-state index in [2.05, 4.69) is 5.32 Å². The number of amides is 3. The van der Waals surface area contributed by atoms with E-state index in [1.807, 2.05) is 6.07 Å². The number of imide groups is 1. The van der Waals surface area contributed by atoms with E-state index in [4.69, 9.17) is 10.5 Å². The second-order valence-corrected chi connectivity index (χ2v) is 5.71. The number of carbonyl (C=O) groups excluding carboxylic acids is 3. The monoisotopic (exact) mass is 317 g/mol. The summed E-state index contributed by atoms with van der Waals surface area (Å²) in [4.78, 5) is 37.2. The summed E-state index contributed by atoms with van der Waals surface area (Å²) in [5.41, 5.74) is 6.85. The van der Waals surface area contributed by atoms with Crippen LogP contribution in [0.25, 0.3) is 0 Å². The van der Waals surface area contributed by atoms with Crippen LogP contribution in [0.15, 0.2) is 18.2 Å². The molecular formula is C16H19N3O4. The van der Waals surface area contributed by atoms with Gasteiger partial charge in [0.25, 0.3) is 5.91 Å². The van der Waals surface area contributed by atoms with E-state index in [1.165, 1.54) is 4.90 Å². The summed E-state index contributed by atoms with van der Waals surface area (Å²) in [5.74, 6) is -0.175. The highest BCUT2D eigenvalue weighted by Crippen LogP contribution is 2.30. The fraction of sp³-hybridized carbons (Fsp3) is 0.438. The van der Waals surface area contributed by atoms with Crippen LogP contribution in [0.5, 0.6) is 5.75 Å². The first-order chi connectivity index (χ1) is 11.1. The van der Waals surface area contributed by atoms with Gasteiger partial charge < -0.3 is 15.4 Å². The Morgan fingerprint density at radius 1 is 1.30 bits per heavy atom. The third kappa shape index (κ3) is 3.05. The summed E-state index contributed by atoms with van der Waals surface area (Å²) >= 11 is 0. The zero-order chi connectivity index (χ0) is 16.4. The van der Waals surface area contributed by atoms with E-state index in [0.29, 0.717) is 37.4 Å². The number of ether oxygens (including phenoxy) is 1. The van der Waals surface area contributed by atoms with Crippen molar-refractivity contribution in [3.63, 3.8) is 0 Å². The van der Waals surface area contributed by atoms with Crippen molar-refractivity contribution in [2.45, 2.75) is 31.8 Å².